The molecule has 0 aliphatic carbocycles. The number of nitrogens with one attached hydrogen (secondary N) is 1. The number of piperidine rings is 1. The van der Waals surface area contributed by atoms with E-state index in [9.17, 15) is 4.79 Å². The van der Waals surface area contributed by atoms with Crippen molar-refractivity contribution >= 4 is 11.7 Å². The van der Waals surface area contributed by atoms with Gasteiger partial charge in [0.1, 0.15) is 5.75 Å². The van der Waals surface area contributed by atoms with E-state index in [-0.39, 0.29) is 6.03 Å². The SMILES string of the molecule is COc1ccc(NC(=O)N2CCCC(c3ccccc3)C2)cc1. The van der Waals surface area contributed by atoms with Gasteiger partial charge in [0, 0.05) is 24.7 Å². The number of hydrogen-bond acceptors (Lipinski definition) is 2. The fourth-order valence-corrected chi connectivity index (χ4v) is 3.04. The summed E-state index contributed by atoms with van der Waals surface area (Å²) in [6.07, 6.45) is 2.17. The van der Waals surface area contributed by atoms with Crippen molar-refractivity contribution in [1.29, 1.82) is 0 Å². The summed E-state index contributed by atoms with van der Waals surface area (Å²) in [7, 11) is 1.63. The Labute approximate surface area is 137 Å². The molecule has 0 spiro atoms. The minimum absolute atomic E-state index is 0.0317. The van der Waals surface area contributed by atoms with Crippen LogP contribution in [0, 0.1) is 0 Å². The van der Waals surface area contributed by atoms with E-state index in [0.717, 1.165) is 37.4 Å². The highest BCUT2D eigenvalue weighted by Gasteiger charge is 2.24. The molecule has 0 saturated carbocycles. The molecule has 23 heavy (non-hydrogen) atoms. The third-order valence-electron chi connectivity index (χ3n) is 4.32. The highest BCUT2D eigenvalue weighted by atomic mass is 16.5. The van der Waals surface area contributed by atoms with Crippen LogP contribution in [-0.2, 0) is 0 Å². The lowest BCUT2D eigenvalue weighted by Gasteiger charge is -2.33. The maximum Gasteiger partial charge on any atom is 0.321 e. The summed E-state index contributed by atoms with van der Waals surface area (Å²) >= 11 is 0. The Morgan fingerprint density at radius 2 is 1.87 bits per heavy atom. The number of anilines is 1. The van der Waals surface area contributed by atoms with Crippen LogP contribution in [0.4, 0.5) is 10.5 Å². The Bertz CT molecular complexity index is 640. The number of rotatable bonds is 3. The van der Waals surface area contributed by atoms with Crippen molar-refractivity contribution in [3.05, 3.63) is 60.2 Å². The molecule has 4 heteroatoms. The van der Waals surface area contributed by atoms with E-state index in [2.05, 4.69) is 29.6 Å². The van der Waals surface area contributed by atoms with Gasteiger partial charge in [0.25, 0.3) is 0 Å². The summed E-state index contributed by atoms with van der Waals surface area (Å²) < 4.78 is 5.13. The maximum absolute atomic E-state index is 12.5. The maximum atomic E-state index is 12.5. The van der Waals surface area contributed by atoms with Crippen LogP contribution in [0.15, 0.2) is 54.6 Å². The highest BCUT2D eigenvalue weighted by Crippen LogP contribution is 2.27. The van der Waals surface area contributed by atoms with E-state index in [1.54, 1.807) is 7.11 Å². The second-order valence-electron chi connectivity index (χ2n) is 5.85. The minimum Gasteiger partial charge on any atom is -0.497 e. The standard InChI is InChI=1S/C19H22N2O2/c1-23-18-11-9-17(10-12-18)20-19(22)21-13-5-8-16(14-21)15-6-3-2-4-7-15/h2-4,6-7,9-12,16H,5,8,13-14H2,1H3,(H,20,22). The molecule has 0 aromatic heterocycles. The average Bonchev–Trinajstić information content (AvgIpc) is 2.63. The molecule has 1 saturated heterocycles. The predicted molar refractivity (Wildman–Crippen MR) is 92.0 cm³/mol. The van der Waals surface area contributed by atoms with Gasteiger partial charge in [-0.05, 0) is 42.7 Å². The zero-order chi connectivity index (χ0) is 16.1. The van der Waals surface area contributed by atoms with Gasteiger partial charge in [0.15, 0.2) is 0 Å². The number of amides is 2. The van der Waals surface area contributed by atoms with Crippen LogP contribution >= 0.6 is 0 Å². The van der Waals surface area contributed by atoms with Crippen molar-refractivity contribution in [2.24, 2.45) is 0 Å². The van der Waals surface area contributed by atoms with Crippen LogP contribution in [0.3, 0.4) is 0 Å². The van der Waals surface area contributed by atoms with Crippen LogP contribution in [0.25, 0.3) is 0 Å². The third-order valence-corrected chi connectivity index (χ3v) is 4.32. The average molecular weight is 310 g/mol. The number of ether oxygens (including phenoxy) is 1. The molecule has 1 aliphatic rings. The second-order valence-corrected chi connectivity index (χ2v) is 5.85. The quantitative estimate of drug-likeness (QED) is 0.927. The number of carbonyl (C=O) groups excluding carboxylic acids is 1. The molecule has 2 amide bonds. The normalized spacial score (nSPS) is 17.6. The number of methoxy groups -OCH3 is 1. The second kappa shape index (κ2) is 7.18. The number of benzene rings is 2. The molecule has 1 atom stereocenters. The van der Waals surface area contributed by atoms with E-state index < -0.39 is 0 Å². The summed E-state index contributed by atoms with van der Waals surface area (Å²) in [5.74, 6) is 1.21. The summed E-state index contributed by atoms with van der Waals surface area (Å²) in [5, 5.41) is 2.97. The lowest BCUT2D eigenvalue weighted by Crippen LogP contribution is -2.41. The molecule has 2 aromatic rings. The van der Waals surface area contributed by atoms with Gasteiger partial charge < -0.3 is 15.0 Å². The largest absolute Gasteiger partial charge is 0.497 e. The van der Waals surface area contributed by atoms with Crippen molar-refractivity contribution in [1.82, 2.24) is 4.90 Å². The first-order valence-corrected chi connectivity index (χ1v) is 8.01. The minimum atomic E-state index is -0.0317. The molecule has 1 aliphatic heterocycles. The highest BCUT2D eigenvalue weighted by molar-refractivity contribution is 5.89. The molecule has 0 bridgehead atoms. The molecule has 120 valence electrons. The third kappa shape index (κ3) is 3.83. The first-order valence-electron chi connectivity index (χ1n) is 8.01. The lowest BCUT2D eigenvalue weighted by atomic mass is 9.91. The zero-order valence-corrected chi connectivity index (χ0v) is 13.4. The Hall–Kier alpha value is -2.49. The molecule has 0 radical (unpaired) electrons. The van der Waals surface area contributed by atoms with E-state index in [4.69, 9.17) is 4.74 Å². The zero-order valence-electron chi connectivity index (χ0n) is 13.4. The number of carbonyl (C=O) groups is 1. The molecule has 1 N–H and O–H groups in total. The molecule has 1 unspecified atom stereocenters. The van der Waals surface area contributed by atoms with Gasteiger partial charge in [-0.15, -0.1) is 0 Å². The molecular weight excluding hydrogens is 288 g/mol. The van der Waals surface area contributed by atoms with Gasteiger partial charge in [-0.3, -0.25) is 0 Å². The summed E-state index contributed by atoms with van der Waals surface area (Å²) in [4.78, 5) is 14.4. The molecular formula is C19H22N2O2. The van der Waals surface area contributed by atoms with E-state index in [1.807, 2.05) is 35.2 Å². The first-order chi connectivity index (χ1) is 11.3. The summed E-state index contributed by atoms with van der Waals surface area (Å²) in [6.45, 7) is 1.58. The number of nitrogens with zero attached hydrogens (tertiary/aromatic N) is 1. The monoisotopic (exact) mass is 310 g/mol. The fourth-order valence-electron chi connectivity index (χ4n) is 3.04. The van der Waals surface area contributed by atoms with Gasteiger partial charge in [0.05, 0.1) is 7.11 Å². The van der Waals surface area contributed by atoms with Gasteiger partial charge in [0.2, 0.25) is 0 Å². The van der Waals surface area contributed by atoms with E-state index >= 15 is 0 Å². The van der Waals surface area contributed by atoms with Gasteiger partial charge in [-0.2, -0.15) is 0 Å². The van der Waals surface area contributed by atoms with E-state index in [1.165, 1.54) is 5.56 Å². The van der Waals surface area contributed by atoms with E-state index in [0.29, 0.717) is 5.92 Å². The fraction of sp³-hybridized carbons (Fsp3) is 0.316. The number of urea groups is 1. The molecule has 3 rings (SSSR count). The number of hydrogen-bond donors (Lipinski definition) is 1. The topological polar surface area (TPSA) is 41.6 Å². The molecule has 1 fully saturated rings. The van der Waals surface area contributed by atoms with Crippen LogP contribution in [0.2, 0.25) is 0 Å². The van der Waals surface area contributed by atoms with Crippen molar-refractivity contribution in [2.45, 2.75) is 18.8 Å². The Balaban J connectivity index is 1.62. The smallest absolute Gasteiger partial charge is 0.321 e. The lowest BCUT2D eigenvalue weighted by molar-refractivity contribution is 0.193. The molecule has 1 heterocycles. The Morgan fingerprint density at radius 1 is 1.13 bits per heavy atom. The van der Waals surface area contributed by atoms with Crippen molar-refractivity contribution in [3.63, 3.8) is 0 Å². The van der Waals surface area contributed by atoms with Gasteiger partial charge in [-0.25, -0.2) is 4.79 Å². The summed E-state index contributed by atoms with van der Waals surface area (Å²) in [6, 6.07) is 17.8. The van der Waals surface area contributed by atoms with Crippen molar-refractivity contribution in [2.75, 3.05) is 25.5 Å². The Kier molecular flexibility index (Phi) is 4.81. The number of likely N-dealkylation sites (tertiary alicyclic amines) is 1. The molecule has 4 nitrogen and oxygen atoms in total. The van der Waals surface area contributed by atoms with Crippen LogP contribution in [-0.4, -0.2) is 31.1 Å². The van der Waals surface area contributed by atoms with Crippen LogP contribution in [0.5, 0.6) is 5.75 Å². The summed E-state index contributed by atoms with van der Waals surface area (Å²) in [5.41, 5.74) is 2.10. The van der Waals surface area contributed by atoms with Crippen molar-refractivity contribution < 1.29 is 9.53 Å². The van der Waals surface area contributed by atoms with Gasteiger partial charge >= 0.3 is 6.03 Å². The molecule has 2 aromatic carbocycles. The van der Waals surface area contributed by atoms with Gasteiger partial charge in [-0.1, -0.05) is 30.3 Å². The Morgan fingerprint density at radius 3 is 2.57 bits per heavy atom. The van der Waals surface area contributed by atoms with Crippen LogP contribution in [0.1, 0.15) is 24.3 Å². The van der Waals surface area contributed by atoms with Crippen molar-refractivity contribution in [3.8, 4) is 5.75 Å². The van der Waals surface area contributed by atoms with Crippen LogP contribution < -0.4 is 10.1 Å². The predicted octanol–water partition coefficient (Wildman–Crippen LogP) is 4.11. The first kappa shape index (κ1) is 15.4.